The highest BCUT2D eigenvalue weighted by atomic mass is 79.9. The monoisotopic (exact) mass is 343 g/mol. The third-order valence-corrected chi connectivity index (χ3v) is 3.09. The van der Waals surface area contributed by atoms with Crippen LogP contribution in [0.2, 0.25) is 5.15 Å². The van der Waals surface area contributed by atoms with Crippen LogP contribution in [0, 0.1) is 12.7 Å². The van der Waals surface area contributed by atoms with Crippen LogP contribution < -0.4 is 5.32 Å². The van der Waals surface area contributed by atoms with Crippen molar-refractivity contribution >= 4 is 39.1 Å². The van der Waals surface area contributed by atoms with Crippen molar-refractivity contribution in [1.82, 2.24) is 9.97 Å². The minimum absolute atomic E-state index is 0.0241. The van der Waals surface area contributed by atoms with Gasteiger partial charge in [0.1, 0.15) is 15.6 Å². The molecule has 7 heteroatoms. The predicted octanol–water partition coefficient (Wildman–Crippen LogP) is 3.59. The molecular weight excluding hydrogens is 337 g/mol. The van der Waals surface area contributed by atoms with E-state index in [4.69, 9.17) is 11.6 Å². The fourth-order valence-electron chi connectivity index (χ4n) is 1.43. The third-order valence-electron chi connectivity index (χ3n) is 2.35. The first-order valence-electron chi connectivity index (χ1n) is 5.23. The van der Waals surface area contributed by atoms with E-state index in [0.29, 0.717) is 16.0 Å². The number of carbonyl (C=O) groups is 1. The van der Waals surface area contributed by atoms with Crippen LogP contribution in [0.15, 0.2) is 29.0 Å². The number of carbonyl (C=O) groups excluding carboxylic acids is 1. The van der Waals surface area contributed by atoms with Crippen LogP contribution in [0.4, 0.5) is 10.1 Å². The molecule has 0 radical (unpaired) electrons. The van der Waals surface area contributed by atoms with Gasteiger partial charge >= 0.3 is 0 Å². The van der Waals surface area contributed by atoms with Gasteiger partial charge in [0.2, 0.25) is 0 Å². The van der Waals surface area contributed by atoms with Crippen molar-refractivity contribution in [2.45, 2.75) is 6.92 Å². The van der Waals surface area contributed by atoms with Crippen molar-refractivity contribution in [2.24, 2.45) is 0 Å². The first kappa shape index (κ1) is 13.9. The van der Waals surface area contributed by atoms with Gasteiger partial charge < -0.3 is 5.32 Å². The van der Waals surface area contributed by atoms with E-state index in [0.717, 1.165) is 12.3 Å². The zero-order valence-electron chi connectivity index (χ0n) is 9.75. The molecule has 0 aliphatic carbocycles. The van der Waals surface area contributed by atoms with Gasteiger partial charge in [-0.15, -0.1) is 0 Å². The Bertz CT molecular complexity index is 651. The summed E-state index contributed by atoms with van der Waals surface area (Å²) >= 11 is 8.98. The van der Waals surface area contributed by atoms with Crippen LogP contribution >= 0.6 is 27.5 Å². The zero-order chi connectivity index (χ0) is 14.0. The number of nitrogens with zero attached hydrogens (tertiary/aromatic N) is 2. The molecule has 0 aliphatic heterocycles. The van der Waals surface area contributed by atoms with E-state index in [2.05, 4.69) is 31.2 Å². The Hall–Kier alpha value is -1.53. The molecule has 2 rings (SSSR count). The van der Waals surface area contributed by atoms with Crippen molar-refractivity contribution in [2.75, 3.05) is 5.32 Å². The molecule has 2 aromatic rings. The number of nitrogens with one attached hydrogen (secondary N) is 1. The lowest BCUT2D eigenvalue weighted by atomic mass is 10.2. The van der Waals surface area contributed by atoms with Gasteiger partial charge in [-0.05, 0) is 41.1 Å². The van der Waals surface area contributed by atoms with Crippen molar-refractivity contribution in [1.29, 1.82) is 0 Å². The Kier molecular flexibility index (Phi) is 4.11. The molecule has 1 amide bonds. The second-order valence-electron chi connectivity index (χ2n) is 3.71. The minimum Gasteiger partial charge on any atom is -0.320 e. The lowest BCUT2D eigenvalue weighted by Crippen LogP contribution is -2.14. The Labute approximate surface area is 122 Å². The van der Waals surface area contributed by atoms with Gasteiger partial charge in [-0.3, -0.25) is 4.79 Å². The molecule has 0 saturated carbocycles. The Balaban J connectivity index is 2.28. The normalized spacial score (nSPS) is 10.3. The number of amides is 1. The Morgan fingerprint density at radius 2 is 2.21 bits per heavy atom. The van der Waals surface area contributed by atoms with Crippen LogP contribution in [-0.2, 0) is 0 Å². The number of anilines is 1. The topological polar surface area (TPSA) is 54.9 Å². The summed E-state index contributed by atoms with van der Waals surface area (Å²) in [5.74, 6) is -1.16. The molecule has 4 nitrogen and oxygen atoms in total. The van der Waals surface area contributed by atoms with E-state index in [9.17, 15) is 9.18 Å². The summed E-state index contributed by atoms with van der Waals surface area (Å²) in [6.07, 6.45) is 0.950. The second-order valence-corrected chi connectivity index (χ2v) is 4.88. The number of hydrogen-bond donors (Lipinski definition) is 1. The van der Waals surface area contributed by atoms with Gasteiger partial charge in [0, 0.05) is 0 Å². The van der Waals surface area contributed by atoms with Crippen molar-refractivity contribution in [3.8, 4) is 0 Å². The molecule has 2 aromatic heterocycles. The number of halogens is 3. The quantitative estimate of drug-likeness (QED) is 0.847. The van der Waals surface area contributed by atoms with Crippen molar-refractivity contribution < 1.29 is 9.18 Å². The lowest BCUT2D eigenvalue weighted by Gasteiger charge is -2.08. The maximum atomic E-state index is 13.1. The molecule has 0 saturated heterocycles. The summed E-state index contributed by atoms with van der Waals surface area (Å²) in [5.41, 5.74) is 1.13. The number of aromatic nitrogens is 2. The zero-order valence-corrected chi connectivity index (χ0v) is 12.1. The Morgan fingerprint density at radius 3 is 2.89 bits per heavy atom. The maximum Gasteiger partial charge on any atom is 0.258 e. The summed E-state index contributed by atoms with van der Waals surface area (Å²) in [6, 6.07) is 4.41. The molecule has 19 heavy (non-hydrogen) atoms. The van der Waals surface area contributed by atoms with Gasteiger partial charge in [0.25, 0.3) is 5.91 Å². The van der Waals surface area contributed by atoms with Crippen molar-refractivity contribution in [3.63, 3.8) is 0 Å². The standard InChI is InChI=1S/C12H8BrClFN3O/c1-6-9(2-3-10(13)17-6)18-12(19)8-4-7(15)5-16-11(8)14/h2-5H,1H3,(H,18,19). The Morgan fingerprint density at radius 1 is 1.47 bits per heavy atom. The summed E-state index contributed by atoms with van der Waals surface area (Å²) in [4.78, 5) is 19.7. The molecule has 0 aliphatic rings. The summed E-state index contributed by atoms with van der Waals surface area (Å²) in [7, 11) is 0. The number of pyridine rings is 2. The molecule has 0 unspecified atom stereocenters. The van der Waals surface area contributed by atoms with Crippen molar-refractivity contribution in [3.05, 3.63) is 51.2 Å². The predicted molar refractivity (Wildman–Crippen MR) is 73.8 cm³/mol. The first-order chi connectivity index (χ1) is 8.97. The molecule has 98 valence electrons. The van der Waals surface area contributed by atoms with Crippen LogP contribution in [-0.4, -0.2) is 15.9 Å². The molecule has 0 atom stereocenters. The number of hydrogen-bond acceptors (Lipinski definition) is 3. The van der Waals surface area contributed by atoms with Crippen LogP contribution in [0.5, 0.6) is 0 Å². The SMILES string of the molecule is Cc1nc(Br)ccc1NC(=O)c1cc(F)cnc1Cl. The molecule has 2 heterocycles. The van der Waals surface area contributed by atoms with E-state index < -0.39 is 11.7 Å². The first-order valence-corrected chi connectivity index (χ1v) is 6.40. The highest BCUT2D eigenvalue weighted by Crippen LogP contribution is 2.19. The largest absolute Gasteiger partial charge is 0.320 e. The second kappa shape index (κ2) is 5.63. The van der Waals surface area contributed by atoms with Gasteiger partial charge in [0.15, 0.2) is 0 Å². The summed E-state index contributed by atoms with van der Waals surface area (Å²) in [6.45, 7) is 1.74. The molecule has 1 N–H and O–H groups in total. The molecule has 0 fully saturated rings. The molecular formula is C12H8BrClFN3O. The van der Waals surface area contributed by atoms with Gasteiger partial charge in [0.05, 0.1) is 23.1 Å². The maximum absolute atomic E-state index is 13.1. The molecule has 0 spiro atoms. The average molecular weight is 345 g/mol. The van der Waals surface area contributed by atoms with Crippen LogP contribution in [0.25, 0.3) is 0 Å². The highest BCUT2D eigenvalue weighted by Gasteiger charge is 2.14. The highest BCUT2D eigenvalue weighted by molar-refractivity contribution is 9.10. The third kappa shape index (κ3) is 3.27. The van der Waals surface area contributed by atoms with E-state index in [1.165, 1.54) is 0 Å². The van der Waals surface area contributed by atoms with Gasteiger partial charge in [-0.2, -0.15) is 0 Å². The average Bonchev–Trinajstić information content (AvgIpc) is 2.35. The molecule has 0 aromatic carbocycles. The molecule has 0 bridgehead atoms. The van der Waals surface area contributed by atoms with E-state index in [1.807, 2.05) is 0 Å². The van der Waals surface area contributed by atoms with E-state index in [-0.39, 0.29) is 10.7 Å². The minimum atomic E-state index is -0.625. The van der Waals surface area contributed by atoms with Gasteiger partial charge in [-0.1, -0.05) is 11.6 Å². The van der Waals surface area contributed by atoms with Crippen LogP contribution in [0.3, 0.4) is 0 Å². The van der Waals surface area contributed by atoms with Crippen LogP contribution in [0.1, 0.15) is 16.1 Å². The van der Waals surface area contributed by atoms with E-state index in [1.54, 1.807) is 19.1 Å². The van der Waals surface area contributed by atoms with Gasteiger partial charge in [-0.25, -0.2) is 14.4 Å². The lowest BCUT2D eigenvalue weighted by molar-refractivity contribution is 0.102. The summed E-state index contributed by atoms with van der Waals surface area (Å²) < 4.78 is 13.7. The van der Waals surface area contributed by atoms with E-state index >= 15 is 0 Å². The number of aryl methyl sites for hydroxylation is 1. The fourth-order valence-corrected chi connectivity index (χ4v) is 2.02. The summed E-state index contributed by atoms with van der Waals surface area (Å²) in [5, 5.41) is 2.55. The number of rotatable bonds is 2. The fraction of sp³-hybridized carbons (Fsp3) is 0.0833. The smallest absolute Gasteiger partial charge is 0.258 e.